The normalized spacial score (nSPS) is 15.3. The van der Waals surface area contributed by atoms with Gasteiger partial charge in [-0.3, -0.25) is 0 Å². The zero-order valence-electron chi connectivity index (χ0n) is 9.99. The number of hydrogen-bond donors (Lipinski definition) is 1. The molecule has 0 radical (unpaired) electrons. The van der Waals surface area contributed by atoms with Crippen molar-refractivity contribution in [3.8, 4) is 0 Å². The van der Waals surface area contributed by atoms with Crippen LogP contribution in [0.25, 0.3) is 0 Å². The zero-order chi connectivity index (χ0) is 12.1. The van der Waals surface area contributed by atoms with Gasteiger partial charge in [0.15, 0.2) is 0 Å². The van der Waals surface area contributed by atoms with Crippen molar-refractivity contribution < 1.29 is 18.3 Å². The van der Waals surface area contributed by atoms with Crippen LogP contribution in [0.1, 0.15) is 33.6 Å². The van der Waals surface area contributed by atoms with Crippen molar-refractivity contribution in [2.24, 2.45) is 0 Å². The maximum atomic E-state index is 10.8. The van der Waals surface area contributed by atoms with Gasteiger partial charge in [0.25, 0.3) is 0 Å². The lowest BCUT2D eigenvalue weighted by Crippen LogP contribution is -2.26. The van der Waals surface area contributed by atoms with Gasteiger partial charge in [-0.05, 0) is 33.6 Å². The van der Waals surface area contributed by atoms with Crippen LogP contribution in [-0.2, 0) is 14.6 Å². The highest BCUT2D eigenvalue weighted by molar-refractivity contribution is 7.90. The number of ether oxygens (including phenoxy) is 1. The molecule has 0 aromatic heterocycles. The highest BCUT2D eigenvalue weighted by atomic mass is 32.2. The molecule has 0 fully saturated rings. The van der Waals surface area contributed by atoms with E-state index in [-0.39, 0.29) is 18.0 Å². The fraction of sp³-hybridized carbons (Fsp3) is 1.00. The molecule has 1 atom stereocenters. The molecule has 4 nitrogen and oxygen atoms in total. The monoisotopic (exact) mass is 238 g/mol. The van der Waals surface area contributed by atoms with Crippen LogP contribution >= 0.6 is 0 Å². The van der Waals surface area contributed by atoms with Gasteiger partial charge in [-0.2, -0.15) is 0 Å². The molecule has 0 rings (SSSR count). The van der Waals surface area contributed by atoms with Crippen LogP contribution in [-0.4, -0.2) is 43.8 Å². The summed E-state index contributed by atoms with van der Waals surface area (Å²) in [6.07, 6.45) is 1.56. The first-order valence-electron chi connectivity index (χ1n) is 5.10. The Morgan fingerprint density at radius 1 is 1.33 bits per heavy atom. The molecule has 92 valence electrons. The van der Waals surface area contributed by atoms with Crippen molar-refractivity contribution >= 4 is 9.84 Å². The Morgan fingerprint density at radius 3 is 2.27 bits per heavy atom. The average Bonchev–Trinajstić information content (AvgIpc) is 1.97. The summed E-state index contributed by atoms with van der Waals surface area (Å²) in [6, 6.07) is 0. The summed E-state index contributed by atoms with van der Waals surface area (Å²) in [7, 11) is -2.92. The maximum Gasteiger partial charge on any atom is 0.147 e. The first-order chi connectivity index (χ1) is 6.60. The second-order valence-corrected chi connectivity index (χ2v) is 7.11. The zero-order valence-corrected chi connectivity index (χ0v) is 10.8. The van der Waals surface area contributed by atoms with E-state index in [1.54, 1.807) is 0 Å². The fourth-order valence-corrected chi connectivity index (χ4v) is 1.70. The van der Waals surface area contributed by atoms with E-state index < -0.39 is 15.9 Å². The van der Waals surface area contributed by atoms with Gasteiger partial charge in [0, 0.05) is 12.0 Å². The maximum absolute atomic E-state index is 10.8. The molecule has 1 N–H and O–H groups in total. The van der Waals surface area contributed by atoms with Gasteiger partial charge in [0.1, 0.15) is 9.84 Å². The minimum atomic E-state index is -2.92. The van der Waals surface area contributed by atoms with Gasteiger partial charge in [-0.25, -0.2) is 8.42 Å². The van der Waals surface area contributed by atoms with Crippen molar-refractivity contribution in [2.45, 2.75) is 45.3 Å². The van der Waals surface area contributed by atoms with Gasteiger partial charge >= 0.3 is 0 Å². The Labute approximate surface area is 92.6 Å². The van der Waals surface area contributed by atoms with Crippen molar-refractivity contribution in [2.75, 3.05) is 18.6 Å². The summed E-state index contributed by atoms with van der Waals surface area (Å²) in [5, 5.41) is 9.49. The predicted octanol–water partition coefficient (Wildman–Crippen LogP) is 0.987. The van der Waals surface area contributed by atoms with E-state index in [2.05, 4.69) is 0 Å². The standard InChI is InChI=1S/C10H22O4S/c1-10(2,3)14-8-9(11)6-5-7-15(4,12)13/h9,11H,5-8H2,1-4H3. The predicted molar refractivity (Wildman–Crippen MR) is 60.7 cm³/mol. The van der Waals surface area contributed by atoms with E-state index in [9.17, 15) is 13.5 Å². The Hall–Kier alpha value is -0.130. The molecule has 5 heteroatoms. The molecule has 0 saturated heterocycles. The summed E-state index contributed by atoms with van der Waals surface area (Å²) in [5.41, 5.74) is -0.266. The quantitative estimate of drug-likeness (QED) is 0.749. The second-order valence-electron chi connectivity index (χ2n) is 4.85. The second kappa shape index (κ2) is 5.82. The minimum absolute atomic E-state index is 0.125. The van der Waals surface area contributed by atoms with Crippen LogP contribution in [0, 0.1) is 0 Å². The van der Waals surface area contributed by atoms with Crippen LogP contribution in [0.15, 0.2) is 0 Å². The smallest absolute Gasteiger partial charge is 0.147 e. The molecule has 0 aliphatic carbocycles. The van der Waals surface area contributed by atoms with E-state index in [1.165, 1.54) is 6.26 Å². The van der Waals surface area contributed by atoms with Crippen LogP contribution in [0.2, 0.25) is 0 Å². The number of aliphatic hydroxyl groups excluding tert-OH is 1. The van der Waals surface area contributed by atoms with Crippen LogP contribution in [0.5, 0.6) is 0 Å². The van der Waals surface area contributed by atoms with Gasteiger partial charge < -0.3 is 9.84 Å². The number of aliphatic hydroxyl groups is 1. The van der Waals surface area contributed by atoms with Crippen molar-refractivity contribution in [3.05, 3.63) is 0 Å². The molecular weight excluding hydrogens is 216 g/mol. The lowest BCUT2D eigenvalue weighted by atomic mass is 10.2. The third kappa shape index (κ3) is 11.8. The average molecular weight is 238 g/mol. The number of sulfone groups is 1. The summed E-state index contributed by atoms with van der Waals surface area (Å²) in [6.45, 7) is 6.00. The Bertz CT molecular complexity index is 264. The summed E-state index contributed by atoms with van der Waals surface area (Å²) in [5.74, 6) is 0.125. The molecule has 0 spiro atoms. The van der Waals surface area contributed by atoms with E-state index in [1.807, 2.05) is 20.8 Å². The third-order valence-electron chi connectivity index (χ3n) is 1.76. The van der Waals surface area contributed by atoms with E-state index in [0.29, 0.717) is 12.8 Å². The molecule has 0 bridgehead atoms. The van der Waals surface area contributed by atoms with Crippen molar-refractivity contribution in [1.82, 2.24) is 0 Å². The summed E-state index contributed by atoms with van der Waals surface area (Å²) >= 11 is 0. The first-order valence-corrected chi connectivity index (χ1v) is 7.16. The molecular formula is C10H22O4S. The summed E-state index contributed by atoms with van der Waals surface area (Å²) < 4.78 is 27.0. The lowest BCUT2D eigenvalue weighted by molar-refractivity contribution is -0.0504. The molecule has 0 aliphatic heterocycles. The highest BCUT2D eigenvalue weighted by Gasteiger charge is 2.14. The van der Waals surface area contributed by atoms with Gasteiger partial charge in [0.2, 0.25) is 0 Å². The van der Waals surface area contributed by atoms with Gasteiger partial charge in [0.05, 0.1) is 18.3 Å². The van der Waals surface area contributed by atoms with E-state index in [4.69, 9.17) is 4.74 Å². The molecule has 0 saturated carbocycles. The Kier molecular flexibility index (Phi) is 5.77. The molecule has 0 heterocycles. The van der Waals surface area contributed by atoms with Gasteiger partial charge in [-0.1, -0.05) is 0 Å². The summed E-state index contributed by atoms with van der Waals surface area (Å²) in [4.78, 5) is 0. The molecule has 0 aromatic rings. The first kappa shape index (κ1) is 14.9. The van der Waals surface area contributed by atoms with Crippen LogP contribution in [0.3, 0.4) is 0 Å². The minimum Gasteiger partial charge on any atom is -0.391 e. The number of rotatable bonds is 6. The Morgan fingerprint density at radius 2 is 1.87 bits per heavy atom. The van der Waals surface area contributed by atoms with Gasteiger partial charge in [-0.15, -0.1) is 0 Å². The molecule has 0 aliphatic rings. The van der Waals surface area contributed by atoms with Crippen molar-refractivity contribution in [1.29, 1.82) is 0 Å². The lowest BCUT2D eigenvalue weighted by Gasteiger charge is -2.21. The number of hydrogen-bond acceptors (Lipinski definition) is 4. The van der Waals surface area contributed by atoms with E-state index >= 15 is 0 Å². The third-order valence-corrected chi connectivity index (χ3v) is 2.79. The van der Waals surface area contributed by atoms with Crippen LogP contribution in [0.4, 0.5) is 0 Å². The Balaban J connectivity index is 3.63. The SMILES string of the molecule is CC(C)(C)OCC(O)CCCS(C)(=O)=O. The largest absolute Gasteiger partial charge is 0.391 e. The van der Waals surface area contributed by atoms with E-state index in [0.717, 1.165) is 0 Å². The molecule has 1 unspecified atom stereocenters. The van der Waals surface area contributed by atoms with Crippen LogP contribution < -0.4 is 0 Å². The fourth-order valence-electron chi connectivity index (χ4n) is 1.01. The highest BCUT2D eigenvalue weighted by Crippen LogP contribution is 2.09. The molecule has 0 amide bonds. The topological polar surface area (TPSA) is 63.6 Å². The molecule has 0 aromatic carbocycles. The van der Waals surface area contributed by atoms with Crippen molar-refractivity contribution in [3.63, 3.8) is 0 Å². The molecule has 15 heavy (non-hydrogen) atoms.